The van der Waals surface area contributed by atoms with Crippen LogP contribution in [0.5, 0.6) is 0 Å². The molecule has 2 aromatic carbocycles. The molecule has 1 amide bonds. The maximum Gasteiger partial charge on any atom is 0.419 e. The lowest BCUT2D eigenvalue weighted by atomic mass is 10.1. The van der Waals surface area contributed by atoms with E-state index in [-0.39, 0.29) is 30.7 Å². The number of benzene rings is 2. The molecule has 10 heteroatoms. The number of aromatic nitrogens is 1. The van der Waals surface area contributed by atoms with Gasteiger partial charge in [-0.05, 0) is 37.1 Å². The lowest BCUT2D eigenvalue weighted by Gasteiger charge is -2.10. The first kappa shape index (κ1) is 23.1. The van der Waals surface area contributed by atoms with Gasteiger partial charge in [0.2, 0.25) is 15.9 Å². The van der Waals surface area contributed by atoms with Crippen LogP contribution in [-0.2, 0) is 33.7 Å². The Morgan fingerprint density at radius 3 is 2.48 bits per heavy atom. The Hall–Kier alpha value is -2.62. The summed E-state index contributed by atoms with van der Waals surface area (Å²) in [4.78, 5) is 24.2. The number of hydrogen-bond acceptors (Lipinski definition) is 5. The fourth-order valence-electron chi connectivity index (χ4n) is 3.13. The van der Waals surface area contributed by atoms with Gasteiger partial charge in [-0.1, -0.05) is 35.9 Å². The van der Waals surface area contributed by atoms with Gasteiger partial charge in [0.1, 0.15) is 0 Å². The molecule has 0 spiro atoms. The molecule has 0 radical (unpaired) electrons. The molecule has 3 rings (SSSR count). The molecule has 1 aromatic heterocycles. The fraction of sp³-hybridized carbons (Fsp3) is 0.333. The van der Waals surface area contributed by atoms with Crippen LogP contribution in [0.1, 0.15) is 31.4 Å². The minimum absolute atomic E-state index is 0.101. The van der Waals surface area contributed by atoms with Crippen molar-refractivity contribution < 1.29 is 17.6 Å². The maximum absolute atomic E-state index is 12.2. The first-order valence-corrected chi connectivity index (χ1v) is 11.8. The van der Waals surface area contributed by atoms with E-state index in [4.69, 9.17) is 16.0 Å². The van der Waals surface area contributed by atoms with E-state index in [9.17, 15) is 18.0 Å². The number of rotatable bonds is 9. The second kappa shape index (κ2) is 9.67. The standard InChI is InChI=1S/C21H24ClN3O5S/c1-14(2)24-31(28,29)13-16-5-3-15(4-6-16)12-23-20(26)9-10-25-18-8-7-17(22)11-19(18)30-21(25)27/h3-8,11,14,24H,9-10,12-13H2,1-2H3,(H,23,26). The summed E-state index contributed by atoms with van der Waals surface area (Å²) in [6.45, 7) is 4.01. The van der Waals surface area contributed by atoms with Crippen LogP contribution < -0.4 is 15.8 Å². The molecule has 0 aliphatic carbocycles. The van der Waals surface area contributed by atoms with Crippen molar-refractivity contribution >= 4 is 38.6 Å². The topological polar surface area (TPSA) is 110 Å². The van der Waals surface area contributed by atoms with E-state index in [1.807, 2.05) is 0 Å². The van der Waals surface area contributed by atoms with Crippen LogP contribution in [0.3, 0.4) is 0 Å². The number of aryl methyl sites for hydroxylation is 1. The molecule has 2 N–H and O–H groups in total. The monoisotopic (exact) mass is 465 g/mol. The first-order chi connectivity index (χ1) is 14.6. The number of fused-ring (bicyclic) bond motifs is 1. The summed E-state index contributed by atoms with van der Waals surface area (Å²) in [5, 5.41) is 3.26. The lowest BCUT2D eigenvalue weighted by molar-refractivity contribution is -0.121. The summed E-state index contributed by atoms with van der Waals surface area (Å²) in [7, 11) is -3.39. The Kier molecular flexibility index (Phi) is 7.19. The Morgan fingerprint density at radius 2 is 1.81 bits per heavy atom. The number of nitrogens with one attached hydrogen (secondary N) is 2. The third-order valence-electron chi connectivity index (χ3n) is 4.48. The number of nitrogens with zero attached hydrogens (tertiary/aromatic N) is 1. The van der Waals surface area contributed by atoms with Gasteiger partial charge in [0.05, 0.1) is 11.3 Å². The number of halogens is 1. The Balaban J connectivity index is 1.52. The molecule has 0 saturated heterocycles. The molecule has 0 atom stereocenters. The largest absolute Gasteiger partial charge is 0.419 e. The van der Waals surface area contributed by atoms with Crippen molar-refractivity contribution in [1.82, 2.24) is 14.6 Å². The highest BCUT2D eigenvalue weighted by atomic mass is 35.5. The Morgan fingerprint density at radius 1 is 1.13 bits per heavy atom. The van der Waals surface area contributed by atoms with Crippen molar-refractivity contribution in [1.29, 1.82) is 0 Å². The van der Waals surface area contributed by atoms with Crippen LogP contribution in [0.2, 0.25) is 5.02 Å². The van der Waals surface area contributed by atoms with Gasteiger partial charge in [-0.15, -0.1) is 0 Å². The zero-order valence-corrected chi connectivity index (χ0v) is 18.8. The van der Waals surface area contributed by atoms with Crippen LogP contribution in [0.15, 0.2) is 51.7 Å². The van der Waals surface area contributed by atoms with Crippen molar-refractivity contribution in [2.75, 3.05) is 0 Å². The zero-order chi connectivity index (χ0) is 22.6. The molecular weight excluding hydrogens is 442 g/mol. The number of oxazole rings is 1. The minimum atomic E-state index is -3.39. The Bertz CT molecular complexity index is 1230. The lowest BCUT2D eigenvalue weighted by Crippen LogP contribution is -2.31. The van der Waals surface area contributed by atoms with E-state index < -0.39 is 15.8 Å². The molecule has 0 bridgehead atoms. The van der Waals surface area contributed by atoms with Gasteiger partial charge in [0.25, 0.3) is 0 Å². The molecule has 0 saturated carbocycles. The second-order valence-electron chi connectivity index (χ2n) is 7.51. The normalized spacial score (nSPS) is 11.9. The summed E-state index contributed by atoms with van der Waals surface area (Å²) in [6, 6.07) is 11.7. The van der Waals surface area contributed by atoms with Gasteiger partial charge in [-0.25, -0.2) is 17.9 Å². The number of carbonyl (C=O) groups excluding carboxylic acids is 1. The average Bonchev–Trinajstić information content (AvgIpc) is 2.98. The van der Waals surface area contributed by atoms with Crippen molar-refractivity contribution in [3.05, 3.63) is 69.2 Å². The smallest absolute Gasteiger partial charge is 0.408 e. The molecule has 0 unspecified atom stereocenters. The maximum atomic E-state index is 12.2. The van der Waals surface area contributed by atoms with E-state index in [1.165, 1.54) is 4.57 Å². The molecule has 0 fully saturated rings. The van der Waals surface area contributed by atoms with E-state index >= 15 is 0 Å². The predicted octanol–water partition coefficient (Wildman–Crippen LogP) is 2.78. The van der Waals surface area contributed by atoms with Gasteiger partial charge in [-0.3, -0.25) is 9.36 Å². The number of carbonyl (C=O) groups is 1. The highest BCUT2D eigenvalue weighted by molar-refractivity contribution is 7.88. The summed E-state index contributed by atoms with van der Waals surface area (Å²) in [5.74, 6) is -0.859. The van der Waals surface area contributed by atoms with Crippen molar-refractivity contribution in [3.63, 3.8) is 0 Å². The third kappa shape index (κ3) is 6.43. The van der Waals surface area contributed by atoms with Crippen LogP contribution in [0.25, 0.3) is 11.1 Å². The summed E-state index contributed by atoms with van der Waals surface area (Å²) >= 11 is 5.90. The van der Waals surface area contributed by atoms with Crippen LogP contribution in [-0.4, -0.2) is 24.9 Å². The highest BCUT2D eigenvalue weighted by Crippen LogP contribution is 2.18. The van der Waals surface area contributed by atoms with Crippen molar-refractivity contribution in [3.8, 4) is 0 Å². The second-order valence-corrected chi connectivity index (χ2v) is 9.70. The van der Waals surface area contributed by atoms with E-state index in [0.717, 1.165) is 5.56 Å². The fourth-order valence-corrected chi connectivity index (χ4v) is 4.72. The van der Waals surface area contributed by atoms with Crippen LogP contribution >= 0.6 is 11.6 Å². The third-order valence-corrected chi connectivity index (χ3v) is 6.26. The molecule has 1 heterocycles. The molecule has 8 nitrogen and oxygen atoms in total. The zero-order valence-electron chi connectivity index (χ0n) is 17.2. The minimum Gasteiger partial charge on any atom is -0.408 e. The molecule has 0 aliphatic rings. The van der Waals surface area contributed by atoms with Gasteiger partial charge in [-0.2, -0.15) is 0 Å². The molecule has 31 heavy (non-hydrogen) atoms. The molecule has 0 aliphatic heterocycles. The van der Waals surface area contributed by atoms with E-state index in [1.54, 1.807) is 56.3 Å². The van der Waals surface area contributed by atoms with Gasteiger partial charge in [0.15, 0.2) is 5.58 Å². The van der Waals surface area contributed by atoms with Gasteiger partial charge < -0.3 is 9.73 Å². The van der Waals surface area contributed by atoms with Gasteiger partial charge in [0, 0.05) is 36.6 Å². The van der Waals surface area contributed by atoms with Crippen LogP contribution in [0, 0.1) is 0 Å². The summed E-state index contributed by atoms with van der Waals surface area (Å²) < 4.78 is 33.1. The summed E-state index contributed by atoms with van der Waals surface area (Å²) in [5.41, 5.74) is 2.46. The van der Waals surface area contributed by atoms with Crippen molar-refractivity contribution in [2.24, 2.45) is 0 Å². The molecule has 166 valence electrons. The summed E-state index contributed by atoms with van der Waals surface area (Å²) in [6.07, 6.45) is 0.106. The molecule has 3 aromatic rings. The quantitative estimate of drug-likeness (QED) is 0.505. The number of amides is 1. The SMILES string of the molecule is CC(C)NS(=O)(=O)Cc1ccc(CNC(=O)CCn2c(=O)oc3cc(Cl)ccc32)cc1. The number of sulfonamides is 1. The average molecular weight is 466 g/mol. The van der Waals surface area contributed by atoms with Crippen LogP contribution in [0.4, 0.5) is 0 Å². The van der Waals surface area contributed by atoms with E-state index in [2.05, 4.69) is 10.0 Å². The predicted molar refractivity (Wildman–Crippen MR) is 119 cm³/mol. The van der Waals surface area contributed by atoms with Gasteiger partial charge >= 0.3 is 5.76 Å². The Labute approximate surface area is 185 Å². The molecular formula is C21H24ClN3O5S. The van der Waals surface area contributed by atoms with Crippen molar-refractivity contribution in [2.45, 2.75) is 45.2 Å². The van der Waals surface area contributed by atoms with E-state index in [0.29, 0.717) is 28.2 Å². The number of hydrogen-bond donors (Lipinski definition) is 2. The first-order valence-electron chi connectivity index (χ1n) is 9.76. The highest BCUT2D eigenvalue weighted by Gasteiger charge is 2.13.